The van der Waals surface area contributed by atoms with E-state index >= 15 is 0 Å². The van der Waals surface area contributed by atoms with Gasteiger partial charge in [-0.3, -0.25) is 10.1 Å². The highest BCUT2D eigenvalue weighted by atomic mass is 32.2. The topological polar surface area (TPSA) is 46.4 Å². The van der Waals surface area contributed by atoms with Crippen molar-refractivity contribution in [1.82, 2.24) is 4.90 Å². The van der Waals surface area contributed by atoms with Crippen LogP contribution in [0.15, 0.2) is 64.7 Å². The van der Waals surface area contributed by atoms with E-state index in [1.54, 1.807) is 17.8 Å². The minimum Gasteiger partial charge on any atom is -0.356 e. The van der Waals surface area contributed by atoms with Crippen molar-refractivity contribution in [3.8, 4) is 0 Å². The first-order valence-electron chi connectivity index (χ1n) is 9.44. The highest BCUT2D eigenvalue weighted by Crippen LogP contribution is 2.63. The molecule has 2 aromatic rings. The zero-order valence-electron chi connectivity index (χ0n) is 16.8. The maximum absolute atomic E-state index is 11.6. The van der Waals surface area contributed by atoms with Crippen LogP contribution in [-0.2, 0) is 0 Å². The number of nitro groups is 1. The second-order valence-electron chi connectivity index (χ2n) is 7.81. The van der Waals surface area contributed by atoms with Gasteiger partial charge in [-0.2, -0.15) is 0 Å². The van der Waals surface area contributed by atoms with Gasteiger partial charge in [0.1, 0.15) is 4.87 Å². The van der Waals surface area contributed by atoms with Crippen molar-refractivity contribution in [2.45, 2.75) is 37.5 Å². The molecular weight excluding hydrogens is 368 g/mol. The summed E-state index contributed by atoms with van der Waals surface area (Å²) in [5.41, 5.74) is 3.52. The number of hydrogen-bond donors (Lipinski definition) is 0. The summed E-state index contributed by atoms with van der Waals surface area (Å²) < 4.78 is 0. The van der Waals surface area contributed by atoms with E-state index in [-0.39, 0.29) is 20.9 Å². The van der Waals surface area contributed by atoms with Gasteiger partial charge in [-0.05, 0) is 37.1 Å². The lowest BCUT2D eigenvalue weighted by molar-refractivity contribution is -0.383. The molecule has 144 valence electrons. The van der Waals surface area contributed by atoms with Crippen LogP contribution in [0.5, 0.6) is 0 Å². The third-order valence-corrected chi connectivity index (χ3v) is 8.10. The lowest BCUT2D eigenvalue weighted by Gasteiger charge is -2.45. The average Bonchev–Trinajstić information content (AvgIpc) is 2.84. The lowest BCUT2D eigenvalue weighted by atomic mass is 9.78. The molecule has 5 heteroatoms. The van der Waals surface area contributed by atoms with Crippen LogP contribution in [0, 0.1) is 15.5 Å². The molecule has 1 atom stereocenters. The van der Waals surface area contributed by atoms with E-state index in [2.05, 4.69) is 63.9 Å². The van der Waals surface area contributed by atoms with Crippen LogP contribution in [0.4, 0.5) is 5.69 Å². The van der Waals surface area contributed by atoms with Crippen LogP contribution in [0.2, 0.25) is 0 Å². The fourth-order valence-electron chi connectivity index (χ4n) is 4.80. The molecular formula is C23H24N2O2S. The Morgan fingerprint density at radius 2 is 1.82 bits per heavy atom. The van der Waals surface area contributed by atoms with Gasteiger partial charge >= 0.3 is 0 Å². The molecule has 2 aromatic carbocycles. The van der Waals surface area contributed by atoms with Crippen molar-refractivity contribution in [3.05, 3.63) is 75.5 Å². The van der Waals surface area contributed by atoms with Gasteiger partial charge in [0.05, 0.1) is 10.3 Å². The number of nitro benzene ring substituents is 1. The number of nitrogens with zero attached hydrogens (tertiary/aromatic N) is 2. The molecule has 0 saturated carbocycles. The van der Waals surface area contributed by atoms with Crippen molar-refractivity contribution in [2.24, 2.45) is 5.41 Å². The molecule has 1 saturated heterocycles. The number of non-ortho nitro benzene ring substituents is 1. The molecule has 0 bridgehead atoms. The molecule has 1 unspecified atom stereocenters. The second-order valence-corrected chi connectivity index (χ2v) is 9.04. The van der Waals surface area contributed by atoms with E-state index in [9.17, 15) is 10.1 Å². The Morgan fingerprint density at radius 1 is 1.14 bits per heavy atom. The van der Waals surface area contributed by atoms with Crippen molar-refractivity contribution in [2.75, 3.05) is 7.05 Å². The van der Waals surface area contributed by atoms with Gasteiger partial charge in [-0.1, -0.05) is 62.0 Å². The summed E-state index contributed by atoms with van der Waals surface area (Å²) in [5, 5.41) is 13.3. The fraction of sp³-hybridized carbons (Fsp3) is 0.304. The van der Waals surface area contributed by atoms with Crippen LogP contribution < -0.4 is 0 Å². The summed E-state index contributed by atoms with van der Waals surface area (Å²) in [4.78, 5) is 14.5. The van der Waals surface area contributed by atoms with Gasteiger partial charge in [0, 0.05) is 34.5 Å². The van der Waals surface area contributed by atoms with Gasteiger partial charge in [-0.25, -0.2) is 0 Å². The zero-order valence-corrected chi connectivity index (χ0v) is 17.6. The van der Waals surface area contributed by atoms with Crippen molar-refractivity contribution in [3.63, 3.8) is 0 Å². The van der Waals surface area contributed by atoms with Crippen LogP contribution in [-0.4, -0.2) is 21.7 Å². The smallest absolute Gasteiger partial charge is 0.277 e. The maximum Gasteiger partial charge on any atom is 0.277 e. The van der Waals surface area contributed by atoms with E-state index in [1.165, 1.54) is 11.3 Å². The Labute approximate surface area is 169 Å². The first kappa shape index (κ1) is 18.8. The number of thioether (sulfide) groups is 1. The van der Waals surface area contributed by atoms with E-state index in [0.717, 1.165) is 15.8 Å². The number of allylic oxidation sites excluding steroid dienone is 3. The second kappa shape index (κ2) is 6.24. The van der Waals surface area contributed by atoms with Crippen molar-refractivity contribution >= 4 is 34.3 Å². The van der Waals surface area contributed by atoms with Crippen LogP contribution in [0.25, 0.3) is 16.8 Å². The number of fused-ring (bicyclic) bond motifs is 3. The summed E-state index contributed by atoms with van der Waals surface area (Å²) in [7, 11) is 2.14. The van der Waals surface area contributed by atoms with E-state index < -0.39 is 0 Å². The largest absolute Gasteiger partial charge is 0.356 e. The number of likely N-dealkylation sites (N-methyl/N-ethyl adjacent to an activating group) is 1. The van der Waals surface area contributed by atoms with E-state index in [0.29, 0.717) is 5.39 Å². The molecule has 0 amide bonds. The van der Waals surface area contributed by atoms with Gasteiger partial charge < -0.3 is 4.90 Å². The molecule has 28 heavy (non-hydrogen) atoms. The van der Waals surface area contributed by atoms with Crippen molar-refractivity contribution < 1.29 is 4.92 Å². The molecule has 4 nitrogen and oxygen atoms in total. The SMILES string of the molecule is CC=C1/C(=C\C)N(C)C2(C=Cc3cc([N+](=O)[O-])c4ccccc4c3S2)C1(C)C. The Balaban J connectivity index is 2.00. The van der Waals surface area contributed by atoms with Crippen LogP contribution in [0.1, 0.15) is 33.3 Å². The number of hydrogen-bond acceptors (Lipinski definition) is 4. The highest BCUT2D eigenvalue weighted by Gasteiger charge is 2.57. The molecule has 0 aliphatic carbocycles. The first-order chi connectivity index (χ1) is 13.3. The molecule has 4 rings (SSSR count). The Morgan fingerprint density at radius 3 is 2.39 bits per heavy atom. The molecule has 2 aliphatic heterocycles. The molecule has 1 fully saturated rings. The normalized spacial score (nSPS) is 25.8. The third-order valence-electron chi connectivity index (χ3n) is 6.21. The summed E-state index contributed by atoms with van der Waals surface area (Å²) >= 11 is 1.80. The van der Waals surface area contributed by atoms with Gasteiger partial charge in [0.2, 0.25) is 0 Å². The third kappa shape index (κ3) is 2.26. The lowest BCUT2D eigenvalue weighted by Crippen LogP contribution is -2.46. The number of benzene rings is 2. The summed E-state index contributed by atoms with van der Waals surface area (Å²) in [5.74, 6) is 0. The minimum atomic E-state index is -0.289. The van der Waals surface area contributed by atoms with E-state index in [1.807, 2.05) is 24.3 Å². The standard InChI is InChI=1S/C23H24N2O2S/c1-6-18-19(7-2)24(5)23(22(18,3)4)13-12-15-14-20(25(26)27)16-10-8-9-11-17(16)21(15)28-23/h6-14H,1-5H3/b18-6?,19-7+. The highest BCUT2D eigenvalue weighted by molar-refractivity contribution is 8.01. The number of likely N-dealkylation sites (tertiary alicyclic amines) is 1. The van der Waals surface area contributed by atoms with Crippen LogP contribution >= 0.6 is 11.8 Å². The molecule has 1 spiro atoms. The van der Waals surface area contributed by atoms with Crippen molar-refractivity contribution in [1.29, 1.82) is 0 Å². The quantitative estimate of drug-likeness (QED) is 0.417. The predicted octanol–water partition coefficient (Wildman–Crippen LogP) is 6.38. The fourth-order valence-corrected chi connectivity index (χ4v) is 6.38. The van der Waals surface area contributed by atoms with Gasteiger partial charge in [0.25, 0.3) is 5.69 Å². The average molecular weight is 393 g/mol. The molecule has 0 aromatic heterocycles. The molecule has 2 aliphatic rings. The Bertz CT molecular complexity index is 1100. The minimum absolute atomic E-state index is 0.125. The first-order valence-corrected chi connectivity index (χ1v) is 10.3. The van der Waals surface area contributed by atoms with Gasteiger partial charge in [0.15, 0.2) is 0 Å². The van der Waals surface area contributed by atoms with E-state index in [4.69, 9.17) is 0 Å². The molecule has 0 N–H and O–H groups in total. The summed E-state index contributed by atoms with van der Waals surface area (Å²) in [6, 6.07) is 9.37. The Hall–Kier alpha value is -2.53. The summed E-state index contributed by atoms with van der Waals surface area (Å²) in [6.45, 7) is 8.74. The Kier molecular flexibility index (Phi) is 4.19. The monoisotopic (exact) mass is 392 g/mol. The summed E-state index contributed by atoms with van der Waals surface area (Å²) in [6.07, 6.45) is 8.66. The molecule has 0 radical (unpaired) electrons. The maximum atomic E-state index is 11.6. The zero-order chi connectivity index (χ0) is 20.3. The predicted molar refractivity (Wildman–Crippen MR) is 117 cm³/mol. The van der Waals surface area contributed by atoms with Gasteiger partial charge in [-0.15, -0.1) is 0 Å². The molecule has 2 heterocycles. The van der Waals surface area contributed by atoms with Crippen LogP contribution in [0.3, 0.4) is 0 Å². The number of rotatable bonds is 1.